The van der Waals surface area contributed by atoms with Crippen LogP contribution in [0.3, 0.4) is 0 Å². The van der Waals surface area contributed by atoms with Crippen molar-refractivity contribution in [2.45, 2.75) is 44.2 Å². The summed E-state index contributed by atoms with van der Waals surface area (Å²) in [6.07, 6.45) is 3.98. The third kappa shape index (κ3) is 2.03. The summed E-state index contributed by atoms with van der Waals surface area (Å²) in [5.74, 6) is 0.165. The van der Waals surface area contributed by atoms with Crippen LogP contribution in [0.1, 0.15) is 30.9 Å². The smallest absolute Gasteiger partial charge is 0.240 e. The maximum Gasteiger partial charge on any atom is 0.240 e. The van der Waals surface area contributed by atoms with Gasteiger partial charge in [-0.15, -0.1) is 0 Å². The number of rotatable bonds is 2. The van der Waals surface area contributed by atoms with E-state index in [1.165, 1.54) is 11.1 Å². The minimum Gasteiger partial charge on any atom is -0.351 e. The second-order valence-electron chi connectivity index (χ2n) is 5.71. The highest BCUT2D eigenvalue weighted by molar-refractivity contribution is 5.86. The number of hydrogen-bond acceptors (Lipinski definition) is 2. The van der Waals surface area contributed by atoms with E-state index in [1.807, 2.05) is 6.92 Å². The minimum absolute atomic E-state index is 0.165. The average Bonchev–Trinajstić information content (AvgIpc) is 2.95. The molecule has 1 aliphatic heterocycles. The summed E-state index contributed by atoms with van der Waals surface area (Å²) in [7, 11) is 0. The van der Waals surface area contributed by atoms with Gasteiger partial charge in [0.1, 0.15) is 0 Å². The van der Waals surface area contributed by atoms with E-state index in [-0.39, 0.29) is 17.5 Å². The van der Waals surface area contributed by atoms with E-state index in [0.29, 0.717) is 0 Å². The van der Waals surface area contributed by atoms with Crippen molar-refractivity contribution >= 4 is 5.91 Å². The number of nitrogens with one attached hydrogen (secondary N) is 2. The van der Waals surface area contributed by atoms with E-state index in [0.717, 1.165) is 32.2 Å². The number of carbonyl (C=O) groups is 1. The molecule has 3 heteroatoms. The Bertz CT molecular complexity index is 438. The van der Waals surface area contributed by atoms with Crippen LogP contribution in [0.4, 0.5) is 0 Å². The molecule has 0 saturated carbocycles. The van der Waals surface area contributed by atoms with E-state index in [1.54, 1.807) is 0 Å². The van der Waals surface area contributed by atoms with Gasteiger partial charge in [-0.1, -0.05) is 24.3 Å². The maximum absolute atomic E-state index is 12.3. The van der Waals surface area contributed by atoms with Gasteiger partial charge in [-0.25, -0.2) is 0 Å². The molecule has 1 heterocycles. The third-order valence-corrected chi connectivity index (χ3v) is 4.26. The summed E-state index contributed by atoms with van der Waals surface area (Å²) >= 11 is 0. The zero-order valence-corrected chi connectivity index (χ0v) is 10.8. The van der Waals surface area contributed by atoms with Gasteiger partial charge in [0.05, 0.1) is 5.54 Å². The quantitative estimate of drug-likeness (QED) is 0.826. The largest absolute Gasteiger partial charge is 0.351 e. The van der Waals surface area contributed by atoms with Gasteiger partial charge >= 0.3 is 0 Å². The molecule has 1 fully saturated rings. The Morgan fingerprint density at radius 2 is 2.00 bits per heavy atom. The normalized spacial score (nSPS) is 27.2. The molecule has 3 nitrogen and oxygen atoms in total. The number of amides is 1. The van der Waals surface area contributed by atoms with Gasteiger partial charge in [0.15, 0.2) is 0 Å². The molecule has 1 amide bonds. The fraction of sp³-hybridized carbons (Fsp3) is 0.533. The number of benzene rings is 1. The summed E-state index contributed by atoms with van der Waals surface area (Å²) in [5.41, 5.74) is 2.41. The summed E-state index contributed by atoms with van der Waals surface area (Å²) < 4.78 is 0. The first kappa shape index (κ1) is 11.7. The van der Waals surface area contributed by atoms with Crippen LogP contribution in [0.2, 0.25) is 0 Å². The zero-order valence-electron chi connectivity index (χ0n) is 10.8. The van der Waals surface area contributed by atoms with Crippen molar-refractivity contribution in [2.75, 3.05) is 6.54 Å². The minimum atomic E-state index is -0.352. The number of carbonyl (C=O) groups excluding carboxylic acids is 1. The molecule has 1 aromatic carbocycles. The highest BCUT2D eigenvalue weighted by Gasteiger charge is 2.37. The first-order valence-corrected chi connectivity index (χ1v) is 6.80. The molecule has 0 radical (unpaired) electrons. The van der Waals surface area contributed by atoms with Gasteiger partial charge in [-0.2, -0.15) is 0 Å². The summed E-state index contributed by atoms with van der Waals surface area (Å²) in [6, 6.07) is 8.74. The van der Waals surface area contributed by atoms with Gasteiger partial charge in [0.2, 0.25) is 5.91 Å². The maximum atomic E-state index is 12.3. The SMILES string of the molecule is CC1(C(=O)NC2Cc3ccccc3C2)CCCN1. The molecule has 1 aromatic rings. The second-order valence-corrected chi connectivity index (χ2v) is 5.71. The Balaban J connectivity index is 1.64. The zero-order chi connectivity index (χ0) is 12.6. The van der Waals surface area contributed by atoms with E-state index in [4.69, 9.17) is 0 Å². The molecule has 96 valence electrons. The first-order valence-electron chi connectivity index (χ1n) is 6.80. The molecule has 1 aliphatic carbocycles. The molecule has 1 atom stereocenters. The predicted octanol–water partition coefficient (Wildman–Crippen LogP) is 1.41. The molecule has 2 aliphatic rings. The standard InChI is InChI=1S/C15H20N2O/c1-15(7-4-8-16-15)14(18)17-13-9-11-5-2-3-6-12(11)10-13/h2-3,5-6,13,16H,4,7-10H2,1H3,(H,17,18). The van der Waals surface area contributed by atoms with Gasteiger partial charge in [0, 0.05) is 6.04 Å². The van der Waals surface area contributed by atoms with Crippen molar-refractivity contribution in [1.29, 1.82) is 0 Å². The van der Waals surface area contributed by atoms with Crippen LogP contribution in [0.5, 0.6) is 0 Å². The lowest BCUT2D eigenvalue weighted by Gasteiger charge is -2.25. The van der Waals surface area contributed by atoms with Crippen LogP contribution < -0.4 is 10.6 Å². The van der Waals surface area contributed by atoms with Crippen LogP contribution >= 0.6 is 0 Å². The molecule has 0 aromatic heterocycles. The summed E-state index contributed by atoms with van der Waals surface area (Å²) in [6.45, 7) is 2.96. The summed E-state index contributed by atoms with van der Waals surface area (Å²) in [5, 5.41) is 6.52. The molecular weight excluding hydrogens is 224 g/mol. The highest BCUT2D eigenvalue weighted by atomic mass is 16.2. The van der Waals surface area contributed by atoms with Crippen molar-refractivity contribution in [2.24, 2.45) is 0 Å². The second kappa shape index (κ2) is 4.39. The van der Waals surface area contributed by atoms with Gasteiger partial charge in [-0.3, -0.25) is 4.79 Å². The Morgan fingerprint density at radius 1 is 1.33 bits per heavy atom. The molecule has 0 bridgehead atoms. The van der Waals surface area contributed by atoms with Crippen molar-refractivity contribution < 1.29 is 4.79 Å². The average molecular weight is 244 g/mol. The Hall–Kier alpha value is -1.35. The predicted molar refractivity (Wildman–Crippen MR) is 71.4 cm³/mol. The lowest BCUT2D eigenvalue weighted by Crippen LogP contribution is -2.53. The Labute approximate surface area is 108 Å². The lowest BCUT2D eigenvalue weighted by atomic mass is 9.98. The lowest BCUT2D eigenvalue weighted by molar-refractivity contribution is -0.127. The van der Waals surface area contributed by atoms with E-state index in [9.17, 15) is 4.79 Å². The fourth-order valence-electron chi connectivity index (χ4n) is 3.09. The van der Waals surface area contributed by atoms with E-state index in [2.05, 4.69) is 34.9 Å². The summed E-state index contributed by atoms with van der Waals surface area (Å²) in [4.78, 5) is 12.3. The van der Waals surface area contributed by atoms with Crippen molar-refractivity contribution in [3.63, 3.8) is 0 Å². The van der Waals surface area contributed by atoms with Gasteiger partial charge < -0.3 is 10.6 Å². The fourth-order valence-corrected chi connectivity index (χ4v) is 3.09. The highest BCUT2D eigenvalue weighted by Crippen LogP contribution is 2.23. The van der Waals surface area contributed by atoms with Crippen LogP contribution in [-0.4, -0.2) is 24.0 Å². The van der Waals surface area contributed by atoms with Crippen LogP contribution in [0.15, 0.2) is 24.3 Å². The van der Waals surface area contributed by atoms with E-state index < -0.39 is 0 Å². The van der Waals surface area contributed by atoms with Crippen molar-refractivity contribution in [1.82, 2.24) is 10.6 Å². The molecule has 2 N–H and O–H groups in total. The van der Waals surface area contributed by atoms with Crippen LogP contribution in [0, 0.1) is 0 Å². The number of hydrogen-bond donors (Lipinski definition) is 2. The molecule has 0 spiro atoms. The van der Waals surface area contributed by atoms with Gasteiger partial charge in [-0.05, 0) is 50.3 Å². The molecule has 3 rings (SSSR count). The monoisotopic (exact) mass is 244 g/mol. The third-order valence-electron chi connectivity index (χ3n) is 4.26. The first-order chi connectivity index (χ1) is 8.67. The molecule has 1 unspecified atom stereocenters. The molecular formula is C15H20N2O. The van der Waals surface area contributed by atoms with E-state index >= 15 is 0 Å². The Kier molecular flexibility index (Phi) is 2.86. The van der Waals surface area contributed by atoms with Crippen LogP contribution in [-0.2, 0) is 17.6 Å². The topological polar surface area (TPSA) is 41.1 Å². The van der Waals surface area contributed by atoms with Crippen molar-refractivity contribution in [3.05, 3.63) is 35.4 Å². The molecule has 18 heavy (non-hydrogen) atoms. The Morgan fingerprint density at radius 3 is 2.56 bits per heavy atom. The number of fused-ring (bicyclic) bond motifs is 1. The van der Waals surface area contributed by atoms with Crippen LogP contribution in [0.25, 0.3) is 0 Å². The van der Waals surface area contributed by atoms with Crippen molar-refractivity contribution in [3.8, 4) is 0 Å². The molecule has 1 saturated heterocycles. The van der Waals surface area contributed by atoms with Gasteiger partial charge in [0.25, 0.3) is 0 Å².